The van der Waals surface area contributed by atoms with Gasteiger partial charge in [-0.05, 0) is 31.0 Å². The number of anilines is 1. The first-order chi connectivity index (χ1) is 15.3. The fraction of sp³-hybridized carbons (Fsp3) is 0.500. The molecule has 0 bridgehead atoms. The number of carbonyl (C=O) groups excluding carboxylic acids is 2. The summed E-state index contributed by atoms with van der Waals surface area (Å²) in [5.74, 6) is -1.59. The van der Waals surface area contributed by atoms with Crippen LogP contribution in [0.4, 0.5) is 18.9 Å². The van der Waals surface area contributed by atoms with Crippen molar-refractivity contribution < 1.29 is 22.8 Å². The van der Waals surface area contributed by atoms with Crippen LogP contribution >= 0.6 is 11.6 Å². The summed E-state index contributed by atoms with van der Waals surface area (Å²) < 4.78 is 42.3. The van der Waals surface area contributed by atoms with Gasteiger partial charge in [-0.2, -0.15) is 13.2 Å². The second-order valence-corrected chi connectivity index (χ2v) is 8.56. The largest absolute Gasteiger partial charge is 0.416 e. The number of aromatic nitrogens is 2. The third-order valence-electron chi connectivity index (χ3n) is 6.11. The van der Waals surface area contributed by atoms with Crippen LogP contribution in [0.1, 0.15) is 65.5 Å². The van der Waals surface area contributed by atoms with E-state index in [1.165, 1.54) is 30.2 Å². The quantitative estimate of drug-likeness (QED) is 0.656. The third-order valence-corrected chi connectivity index (χ3v) is 6.35. The zero-order chi connectivity index (χ0) is 22.9. The van der Waals surface area contributed by atoms with E-state index in [1.807, 2.05) is 6.33 Å². The molecule has 10 heteroatoms. The molecule has 1 N–H and O–H groups in total. The van der Waals surface area contributed by atoms with E-state index in [-0.39, 0.29) is 17.8 Å². The normalized spacial score (nSPS) is 17.2. The SMILES string of the molecule is O=C(CCl)Nc1cc(C(=O)N2CCc3c(ncn3C3CCCCC3)C2)cc(C(F)(F)F)c1. The molecule has 2 aromatic rings. The summed E-state index contributed by atoms with van der Waals surface area (Å²) in [6.45, 7) is 0.636. The van der Waals surface area contributed by atoms with E-state index in [1.54, 1.807) is 0 Å². The molecule has 2 aliphatic rings. The lowest BCUT2D eigenvalue weighted by atomic mass is 9.95. The monoisotopic (exact) mass is 468 g/mol. The highest BCUT2D eigenvalue weighted by Crippen LogP contribution is 2.34. The van der Waals surface area contributed by atoms with Crippen molar-refractivity contribution in [3.05, 3.63) is 47.0 Å². The summed E-state index contributed by atoms with van der Waals surface area (Å²) >= 11 is 5.44. The fourth-order valence-corrected chi connectivity index (χ4v) is 4.61. The molecule has 2 amide bonds. The number of carbonyl (C=O) groups is 2. The summed E-state index contributed by atoms with van der Waals surface area (Å²) in [6, 6.07) is 3.28. The van der Waals surface area contributed by atoms with Crippen LogP contribution < -0.4 is 5.32 Å². The molecule has 0 saturated heterocycles. The minimum Gasteiger partial charge on any atom is -0.332 e. The maximum atomic E-state index is 13.4. The van der Waals surface area contributed by atoms with Crippen molar-refractivity contribution in [2.24, 2.45) is 0 Å². The van der Waals surface area contributed by atoms with Gasteiger partial charge in [0.2, 0.25) is 5.91 Å². The first kappa shape index (κ1) is 22.6. The molecule has 1 aliphatic heterocycles. The number of rotatable bonds is 4. The van der Waals surface area contributed by atoms with E-state index in [0.29, 0.717) is 19.0 Å². The smallest absolute Gasteiger partial charge is 0.332 e. The van der Waals surface area contributed by atoms with Gasteiger partial charge in [0.1, 0.15) is 5.88 Å². The van der Waals surface area contributed by atoms with E-state index < -0.39 is 29.4 Å². The Labute approximate surface area is 188 Å². The maximum Gasteiger partial charge on any atom is 0.416 e. The minimum absolute atomic E-state index is 0.118. The third kappa shape index (κ3) is 4.77. The van der Waals surface area contributed by atoms with E-state index in [4.69, 9.17) is 11.6 Å². The maximum absolute atomic E-state index is 13.4. The number of hydrogen-bond donors (Lipinski definition) is 1. The van der Waals surface area contributed by atoms with E-state index >= 15 is 0 Å². The van der Waals surface area contributed by atoms with Gasteiger partial charge in [-0.15, -0.1) is 11.6 Å². The van der Waals surface area contributed by atoms with Crippen molar-refractivity contribution in [2.45, 2.75) is 57.3 Å². The molecule has 32 heavy (non-hydrogen) atoms. The van der Waals surface area contributed by atoms with Crippen LogP contribution in [-0.4, -0.2) is 38.7 Å². The molecule has 1 fully saturated rings. The number of nitrogens with one attached hydrogen (secondary N) is 1. The Balaban J connectivity index is 1.56. The highest BCUT2D eigenvalue weighted by molar-refractivity contribution is 6.29. The topological polar surface area (TPSA) is 67.2 Å². The number of nitrogens with zero attached hydrogens (tertiary/aromatic N) is 3. The van der Waals surface area contributed by atoms with Crippen molar-refractivity contribution in [3.63, 3.8) is 0 Å². The van der Waals surface area contributed by atoms with Crippen LogP contribution in [0.3, 0.4) is 0 Å². The lowest BCUT2D eigenvalue weighted by molar-refractivity contribution is -0.137. The number of amides is 2. The van der Waals surface area contributed by atoms with Gasteiger partial charge in [0.05, 0.1) is 24.1 Å². The second-order valence-electron chi connectivity index (χ2n) is 8.29. The van der Waals surface area contributed by atoms with E-state index in [9.17, 15) is 22.8 Å². The number of halogens is 4. The molecule has 6 nitrogen and oxygen atoms in total. The molecule has 0 radical (unpaired) electrons. The predicted molar refractivity (Wildman–Crippen MR) is 114 cm³/mol. The van der Waals surface area contributed by atoms with Crippen molar-refractivity contribution in [3.8, 4) is 0 Å². The number of fused-ring (bicyclic) bond motifs is 1. The molecule has 0 unspecified atom stereocenters. The molecule has 0 spiro atoms. The first-order valence-corrected chi connectivity index (χ1v) is 11.2. The Morgan fingerprint density at radius 2 is 1.91 bits per heavy atom. The standard InChI is InChI=1S/C22H24ClF3N4O2/c23-11-20(31)28-16-9-14(8-15(10-16)22(24,25)26)21(32)29-7-6-19-18(12-29)27-13-30(19)17-4-2-1-3-5-17/h8-10,13,17H,1-7,11-12H2,(H,28,31). The van der Waals surface area contributed by atoms with Crippen LogP contribution in [0, 0.1) is 0 Å². The van der Waals surface area contributed by atoms with Gasteiger partial charge in [0.25, 0.3) is 5.91 Å². The fourth-order valence-electron chi connectivity index (χ4n) is 4.54. The van der Waals surface area contributed by atoms with Crippen LogP contribution in [0.2, 0.25) is 0 Å². The zero-order valence-corrected chi connectivity index (χ0v) is 18.2. The Morgan fingerprint density at radius 3 is 2.59 bits per heavy atom. The van der Waals surface area contributed by atoms with Crippen molar-refractivity contribution >= 4 is 29.1 Å². The summed E-state index contributed by atoms with van der Waals surface area (Å²) in [6.07, 6.45) is 3.65. The summed E-state index contributed by atoms with van der Waals surface area (Å²) in [7, 11) is 0. The predicted octanol–water partition coefficient (Wildman–Crippen LogP) is 4.78. The van der Waals surface area contributed by atoms with Crippen molar-refractivity contribution in [1.82, 2.24) is 14.5 Å². The van der Waals surface area contributed by atoms with Gasteiger partial charge in [-0.25, -0.2) is 4.98 Å². The summed E-state index contributed by atoms with van der Waals surface area (Å²) in [5.41, 5.74) is 0.637. The van der Waals surface area contributed by atoms with Crippen molar-refractivity contribution in [1.29, 1.82) is 0 Å². The molecule has 4 rings (SSSR count). The van der Waals surface area contributed by atoms with Crippen LogP contribution in [0.15, 0.2) is 24.5 Å². The Hall–Kier alpha value is -2.55. The lowest BCUT2D eigenvalue weighted by Crippen LogP contribution is -2.37. The number of alkyl halides is 4. The second kappa shape index (κ2) is 9.13. The zero-order valence-electron chi connectivity index (χ0n) is 17.4. The average molecular weight is 469 g/mol. The number of hydrogen-bond acceptors (Lipinski definition) is 3. The molecule has 2 heterocycles. The van der Waals surface area contributed by atoms with E-state index in [2.05, 4.69) is 14.9 Å². The molecule has 1 saturated carbocycles. The van der Waals surface area contributed by atoms with Crippen LogP contribution in [-0.2, 0) is 23.9 Å². The highest BCUT2D eigenvalue weighted by atomic mass is 35.5. The molecule has 172 valence electrons. The van der Waals surface area contributed by atoms with Gasteiger partial charge >= 0.3 is 6.18 Å². The van der Waals surface area contributed by atoms with Gasteiger partial charge < -0.3 is 14.8 Å². The average Bonchev–Trinajstić information content (AvgIpc) is 3.21. The Kier molecular flexibility index (Phi) is 6.46. The van der Waals surface area contributed by atoms with Gasteiger partial charge in [0.15, 0.2) is 0 Å². The van der Waals surface area contributed by atoms with Gasteiger partial charge in [-0.1, -0.05) is 19.3 Å². The summed E-state index contributed by atoms with van der Waals surface area (Å²) in [4.78, 5) is 30.7. The summed E-state index contributed by atoms with van der Waals surface area (Å²) in [5, 5.41) is 2.30. The first-order valence-electron chi connectivity index (χ1n) is 10.7. The minimum atomic E-state index is -4.66. The van der Waals surface area contributed by atoms with Gasteiger partial charge in [0, 0.05) is 36.0 Å². The van der Waals surface area contributed by atoms with E-state index in [0.717, 1.165) is 36.4 Å². The molecule has 1 aliphatic carbocycles. The van der Waals surface area contributed by atoms with Crippen LogP contribution in [0.25, 0.3) is 0 Å². The molecular weight excluding hydrogens is 445 g/mol. The highest BCUT2D eigenvalue weighted by Gasteiger charge is 2.33. The molecule has 0 atom stereocenters. The lowest BCUT2D eigenvalue weighted by Gasteiger charge is -2.30. The number of benzene rings is 1. The van der Waals surface area contributed by atoms with Gasteiger partial charge in [-0.3, -0.25) is 9.59 Å². The van der Waals surface area contributed by atoms with Crippen LogP contribution in [0.5, 0.6) is 0 Å². The molecular formula is C22H24ClF3N4O2. The molecule has 1 aromatic carbocycles. The molecule has 1 aromatic heterocycles. The Morgan fingerprint density at radius 1 is 1.16 bits per heavy atom. The number of imidazole rings is 1. The van der Waals surface area contributed by atoms with Crippen molar-refractivity contribution in [2.75, 3.05) is 17.7 Å². The Bertz CT molecular complexity index is 1020.